The SMILES string of the molecule is c1ccc(-n2c3ccc(-c4ccc5c(c4)c4c6ccccc6c6sc7ccccc7c6c4n5-c4ccccc4)cc3c3c4sc5ccccc5c4c4ccccc4c32)cc1. The highest BCUT2D eigenvalue weighted by Crippen LogP contribution is 2.51. The van der Waals surface area contributed by atoms with Crippen LogP contribution in [-0.2, 0) is 0 Å². The normalized spacial score (nSPS) is 12.3. The van der Waals surface area contributed by atoms with Crippen LogP contribution in [0.1, 0.15) is 0 Å². The van der Waals surface area contributed by atoms with Gasteiger partial charge in [-0.25, -0.2) is 0 Å². The maximum absolute atomic E-state index is 2.52. The molecule has 0 spiro atoms. The fourth-order valence-corrected chi connectivity index (χ4v) is 12.9. The zero-order valence-electron chi connectivity index (χ0n) is 32.2. The first-order chi connectivity index (χ1) is 29.8. The Balaban J connectivity index is 1.13. The third-order valence-corrected chi connectivity index (χ3v) is 15.2. The highest BCUT2D eigenvalue weighted by atomic mass is 32.1. The topological polar surface area (TPSA) is 9.86 Å². The number of fused-ring (bicyclic) bond motifs is 20. The molecule has 0 aliphatic heterocycles. The van der Waals surface area contributed by atoms with Crippen LogP contribution in [0.3, 0.4) is 0 Å². The molecule has 0 amide bonds. The number of hydrogen-bond donors (Lipinski definition) is 0. The lowest BCUT2D eigenvalue weighted by Crippen LogP contribution is -1.94. The molecule has 0 aliphatic carbocycles. The van der Waals surface area contributed by atoms with E-state index in [0.717, 1.165) is 0 Å². The van der Waals surface area contributed by atoms with Crippen molar-refractivity contribution < 1.29 is 0 Å². The van der Waals surface area contributed by atoms with Crippen molar-refractivity contribution in [2.24, 2.45) is 0 Å². The van der Waals surface area contributed by atoms with E-state index in [4.69, 9.17) is 0 Å². The molecule has 0 radical (unpaired) electrons. The van der Waals surface area contributed by atoms with Gasteiger partial charge in [0.2, 0.25) is 0 Å². The molecule has 0 fully saturated rings. The highest BCUT2D eigenvalue weighted by Gasteiger charge is 2.24. The van der Waals surface area contributed by atoms with Gasteiger partial charge in [-0.3, -0.25) is 0 Å². The Morgan fingerprint density at radius 3 is 1.33 bits per heavy atom. The molecule has 14 rings (SSSR count). The van der Waals surface area contributed by atoms with Gasteiger partial charge in [0.05, 0.1) is 22.1 Å². The van der Waals surface area contributed by atoms with Crippen molar-refractivity contribution in [1.29, 1.82) is 0 Å². The minimum Gasteiger partial charge on any atom is -0.309 e. The van der Waals surface area contributed by atoms with Gasteiger partial charge in [0, 0.05) is 84.0 Å². The number of aromatic nitrogens is 2. The van der Waals surface area contributed by atoms with Crippen molar-refractivity contribution in [1.82, 2.24) is 9.13 Å². The Bertz CT molecular complexity index is 4110. The monoisotopic (exact) mass is 796 g/mol. The lowest BCUT2D eigenvalue weighted by molar-refractivity contribution is 1.19. The van der Waals surface area contributed by atoms with Gasteiger partial charge in [0.25, 0.3) is 0 Å². The van der Waals surface area contributed by atoms with Crippen LogP contribution in [0.2, 0.25) is 0 Å². The average molecular weight is 797 g/mol. The first-order valence-electron chi connectivity index (χ1n) is 20.5. The van der Waals surface area contributed by atoms with Crippen molar-refractivity contribution in [2.75, 3.05) is 0 Å². The third-order valence-electron chi connectivity index (χ3n) is 12.8. The van der Waals surface area contributed by atoms with Gasteiger partial charge >= 0.3 is 0 Å². The summed E-state index contributed by atoms with van der Waals surface area (Å²) in [4.78, 5) is 0. The van der Waals surface area contributed by atoms with E-state index in [1.54, 1.807) is 0 Å². The second-order valence-electron chi connectivity index (χ2n) is 15.9. The summed E-state index contributed by atoms with van der Waals surface area (Å²) in [6.07, 6.45) is 0. The predicted molar refractivity (Wildman–Crippen MR) is 261 cm³/mol. The van der Waals surface area contributed by atoms with Crippen molar-refractivity contribution in [2.45, 2.75) is 0 Å². The van der Waals surface area contributed by atoms with Gasteiger partial charge < -0.3 is 9.13 Å². The number of para-hydroxylation sites is 2. The molecule has 0 aliphatic rings. The third kappa shape index (κ3) is 4.31. The van der Waals surface area contributed by atoms with Crippen molar-refractivity contribution in [3.63, 3.8) is 0 Å². The maximum atomic E-state index is 2.52. The number of hydrogen-bond acceptors (Lipinski definition) is 2. The quantitative estimate of drug-likeness (QED) is 0.169. The first-order valence-corrected chi connectivity index (χ1v) is 22.1. The summed E-state index contributed by atoms with van der Waals surface area (Å²) in [6, 6.07) is 72.0. The second kappa shape index (κ2) is 12.2. The lowest BCUT2D eigenvalue weighted by atomic mass is 9.96. The largest absolute Gasteiger partial charge is 0.309 e. The van der Waals surface area contributed by atoms with E-state index in [0.29, 0.717) is 0 Å². The summed E-state index contributed by atoms with van der Waals surface area (Å²) >= 11 is 3.83. The van der Waals surface area contributed by atoms with Crippen LogP contribution in [0.25, 0.3) is 128 Å². The summed E-state index contributed by atoms with van der Waals surface area (Å²) in [5.74, 6) is 0. The molecule has 4 heteroatoms. The van der Waals surface area contributed by atoms with Crippen molar-refractivity contribution in [3.05, 3.63) is 194 Å². The Labute approximate surface area is 352 Å². The summed E-state index contributed by atoms with van der Waals surface area (Å²) in [5, 5.41) is 15.7. The molecule has 4 heterocycles. The van der Waals surface area contributed by atoms with Crippen LogP contribution in [0.5, 0.6) is 0 Å². The molecule has 14 aromatic rings. The second-order valence-corrected chi connectivity index (χ2v) is 18.1. The molecule has 0 unspecified atom stereocenters. The molecule has 278 valence electrons. The van der Waals surface area contributed by atoms with Crippen LogP contribution in [0.4, 0.5) is 0 Å². The van der Waals surface area contributed by atoms with Gasteiger partial charge in [0.15, 0.2) is 0 Å². The van der Waals surface area contributed by atoms with Crippen LogP contribution in [-0.4, -0.2) is 9.13 Å². The molecule has 0 saturated carbocycles. The molecular formula is C56H32N2S2. The molecule has 10 aromatic carbocycles. The summed E-state index contributed by atoms with van der Waals surface area (Å²) in [5.41, 5.74) is 9.75. The molecule has 2 nitrogen and oxygen atoms in total. The van der Waals surface area contributed by atoms with Crippen LogP contribution >= 0.6 is 22.7 Å². The zero-order chi connectivity index (χ0) is 39.1. The van der Waals surface area contributed by atoms with E-state index in [1.165, 1.54) is 128 Å². The smallest absolute Gasteiger partial charge is 0.0640 e. The summed E-state index contributed by atoms with van der Waals surface area (Å²) in [6.45, 7) is 0. The average Bonchev–Trinajstić information content (AvgIpc) is 4.07. The van der Waals surface area contributed by atoms with E-state index in [1.807, 2.05) is 22.7 Å². The lowest BCUT2D eigenvalue weighted by Gasteiger charge is -2.11. The van der Waals surface area contributed by atoms with Gasteiger partial charge in [0.1, 0.15) is 0 Å². The fourth-order valence-electron chi connectivity index (χ4n) is 10.4. The number of benzene rings is 10. The fraction of sp³-hybridized carbons (Fsp3) is 0. The van der Waals surface area contributed by atoms with E-state index < -0.39 is 0 Å². The minimum absolute atomic E-state index is 1.17. The van der Waals surface area contributed by atoms with Gasteiger partial charge in [-0.05, 0) is 82.6 Å². The molecule has 0 bridgehead atoms. The molecule has 0 N–H and O–H groups in total. The van der Waals surface area contributed by atoms with Crippen molar-refractivity contribution >= 4 is 128 Å². The van der Waals surface area contributed by atoms with E-state index in [9.17, 15) is 0 Å². The molecule has 60 heavy (non-hydrogen) atoms. The molecule has 0 saturated heterocycles. The maximum Gasteiger partial charge on any atom is 0.0640 e. The minimum atomic E-state index is 1.17. The van der Waals surface area contributed by atoms with E-state index in [-0.39, 0.29) is 0 Å². The predicted octanol–water partition coefficient (Wildman–Crippen LogP) is 16.6. The Hall–Kier alpha value is -7.24. The highest BCUT2D eigenvalue weighted by molar-refractivity contribution is 7.27. The van der Waals surface area contributed by atoms with Crippen LogP contribution in [0.15, 0.2) is 194 Å². The van der Waals surface area contributed by atoms with E-state index >= 15 is 0 Å². The Kier molecular flexibility index (Phi) is 6.62. The molecular weight excluding hydrogens is 765 g/mol. The zero-order valence-corrected chi connectivity index (χ0v) is 33.8. The van der Waals surface area contributed by atoms with E-state index in [2.05, 4.69) is 203 Å². The number of rotatable bonds is 3. The van der Waals surface area contributed by atoms with Crippen LogP contribution < -0.4 is 0 Å². The van der Waals surface area contributed by atoms with Gasteiger partial charge in [-0.2, -0.15) is 0 Å². The Morgan fingerprint density at radius 1 is 0.283 bits per heavy atom. The summed E-state index contributed by atoms with van der Waals surface area (Å²) in [7, 11) is 0. The standard InChI is InChI=1S/C56H32N2S2/c1-3-15-35(16-4-1)57-46-30-28-34(32-44(46)52-53(57)39-21-9-7-19-37(39)50-41-23-11-13-25-47(41)60-56(50)52)33-27-29-45-43(31-33)49-38-20-8-10-22-40(38)55-51(42-24-12-14-26-48(42)59-55)54(49)58(45)36-17-5-2-6-18-36/h1-32H. The molecule has 0 atom stereocenters. The molecule has 4 aromatic heterocycles. The number of thiophene rings is 2. The first kappa shape index (κ1) is 32.7. The summed E-state index contributed by atoms with van der Waals surface area (Å²) < 4.78 is 10.4. The number of nitrogens with zero attached hydrogens (tertiary/aromatic N) is 2. The Morgan fingerprint density at radius 2 is 0.717 bits per heavy atom. The van der Waals surface area contributed by atoms with Gasteiger partial charge in [-0.1, -0.05) is 133 Å². The van der Waals surface area contributed by atoms with Crippen LogP contribution in [0, 0.1) is 0 Å². The van der Waals surface area contributed by atoms with Gasteiger partial charge in [-0.15, -0.1) is 22.7 Å². The van der Waals surface area contributed by atoms with Crippen molar-refractivity contribution in [3.8, 4) is 22.5 Å².